The number of nitrogens with zero attached hydrogens (tertiary/aromatic N) is 1. The standard InChI is InChI=1S/C12H28N2S/c1-11(2)12(13)7-9-14(3)8-5-6-10-15-4/h11-12H,5-10,13H2,1-4H3. The van der Waals surface area contributed by atoms with E-state index in [2.05, 4.69) is 32.1 Å². The van der Waals surface area contributed by atoms with E-state index in [9.17, 15) is 0 Å². The molecule has 0 aromatic heterocycles. The Bertz CT molecular complexity index is 140. The fourth-order valence-electron chi connectivity index (χ4n) is 1.44. The molecule has 92 valence electrons. The summed E-state index contributed by atoms with van der Waals surface area (Å²) >= 11 is 1.94. The molecule has 0 fully saturated rings. The maximum atomic E-state index is 6.01. The van der Waals surface area contributed by atoms with Crippen molar-refractivity contribution >= 4 is 11.8 Å². The van der Waals surface area contributed by atoms with Crippen LogP contribution in [0.5, 0.6) is 0 Å². The van der Waals surface area contributed by atoms with Crippen LogP contribution in [0.15, 0.2) is 0 Å². The normalized spacial score (nSPS) is 13.8. The van der Waals surface area contributed by atoms with Gasteiger partial charge in [0, 0.05) is 6.04 Å². The molecule has 0 aromatic rings. The fourth-order valence-corrected chi connectivity index (χ4v) is 1.94. The number of nitrogens with two attached hydrogens (primary N) is 1. The minimum absolute atomic E-state index is 0.360. The Morgan fingerprint density at radius 2 is 1.87 bits per heavy atom. The van der Waals surface area contributed by atoms with E-state index in [0.717, 1.165) is 13.0 Å². The molecule has 0 aliphatic rings. The molecule has 0 aromatic carbocycles. The minimum atomic E-state index is 0.360. The molecule has 0 bridgehead atoms. The molecule has 0 aliphatic heterocycles. The maximum Gasteiger partial charge on any atom is 0.00740 e. The topological polar surface area (TPSA) is 29.3 Å². The molecule has 0 saturated heterocycles. The van der Waals surface area contributed by atoms with E-state index in [0.29, 0.717) is 12.0 Å². The van der Waals surface area contributed by atoms with Gasteiger partial charge in [0.2, 0.25) is 0 Å². The molecule has 1 atom stereocenters. The van der Waals surface area contributed by atoms with Gasteiger partial charge in [-0.1, -0.05) is 13.8 Å². The van der Waals surface area contributed by atoms with Crippen molar-refractivity contribution in [2.75, 3.05) is 32.1 Å². The molecular weight excluding hydrogens is 204 g/mol. The van der Waals surface area contributed by atoms with Crippen LogP contribution in [0.4, 0.5) is 0 Å². The minimum Gasteiger partial charge on any atom is -0.327 e. The summed E-state index contributed by atoms with van der Waals surface area (Å²) < 4.78 is 0. The van der Waals surface area contributed by atoms with Crippen LogP contribution in [0.2, 0.25) is 0 Å². The van der Waals surface area contributed by atoms with Crippen LogP contribution in [-0.2, 0) is 0 Å². The largest absolute Gasteiger partial charge is 0.327 e. The lowest BCUT2D eigenvalue weighted by atomic mass is 10.0. The summed E-state index contributed by atoms with van der Waals surface area (Å²) in [4.78, 5) is 2.41. The Balaban J connectivity index is 3.36. The third kappa shape index (κ3) is 9.21. The highest BCUT2D eigenvalue weighted by Gasteiger charge is 2.08. The van der Waals surface area contributed by atoms with Gasteiger partial charge in [-0.2, -0.15) is 11.8 Å². The van der Waals surface area contributed by atoms with Crippen molar-refractivity contribution in [2.24, 2.45) is 11.7 Å². The van der Waals surface area contributed by atoms with Gasteiger partial charge in [-0.05, 0) is 57.3 Å². The number of thioether (sulfide) groups is 1. The van der Waals surface area contributed by atoms with Gasteiger partial charge in [0.05, 0.1) is 0 Å². The molecule has 2 nitrogen and oxygen atoms in total. The predicted octanol–water partition coefficient (Wildman–Crippen LogP) is 2.43. The first-order valence-electron chi connectivity index (χ1n) is 6.01. The van der Waals surface area contributed by atoms with E-state index >= 15 is 0 Å². The van der Waals surface area contributed by atoms with E-state index in [1.165, 1.54) is 25.1 Å². The molecular formula is C12H28N2S. The van der Waals surface area contributed by atoms with Crippen molar-refractivity contribution in [3.8, 4) is 0 Å². The van der Waals surface area contributed by atoms with Crippen molar-refractivity contribution in [1.29, 1.82) is 0 Å². The van der Waals surface area contributed by atoms with Crippen molar-refractivity contribution in [1.82, 2.24) is 4.90 Å². The van der Waals surface area contributed by atoms with Crippen LogP contribution < -0.4 is 5.73 Å². The van der Waals surface area contributed by atoms with E-state index in [4.69, 9.17) is 5.73 Å². The van der Waals surface area contributed by atoms with E-state index < -0.39 is 0 Å². The lowest BCUT2D eigenvalue weighted by Crippen LogP contribution is -2.32. The number of hydrogen-bond donors (Lipinski definition) is 1. The molecule has 0 heterocycles. The molecule has 3 heteroatoms. The Labute approximate surface area is 100.0 Å². The highest BCUT2D eigenvalue weighted by atomic mass is 32.2. The zero-order valence-electron chi connectivity index (χ0n) is 10.8. The van der Waals surface area contributed by atoms with Crippen LogP contribution >= 0.6 is 11.8 Å². The smallest absolute Gasteiger partial charge is 0.00740 e. The van der Waals surface area contributed by atoms with Crippen LogP contribution in [0.25, 0.3) is 0 Å². The Kier molecular flexibility index (Phi) is 9.66. The number of rotatable bonds is 9. The summed E-state index contributed by atoms with van der Waals surface area (Å²) in [6, 6.07) is 0.360. The average Bonchev–Trinajstić information content (AvgIpc) is 2.20. The summed E-state index contributed by atoms with van der Waals surface area (Å²) in [6.45, 7) is 6.75. The van der Waals surface area contributed by atoms with Crippen molar-refractivity contribution in [2.45, 2.75) is 39.2 Å². The number of unbranched alkanes of at least 4 members (excludes halogenated alkanes) is 1. The molecule has 0 amide bonds. The van der Waals surface area contributed by atoms with Gasteiger partial charge in [0.25, 0.3) is 0 Å². The van der Waals surface area contributed by atoms with Crippen LogP contribution in [0.3, 0.4) is 0 Å². The van der Waals surface area contributed by atoms with Gasteiger partial charge in [0.1, 0.15) is 0 Å². The SMILES string of the molecule is CSCCCCN(C)CCC(N)C(C)C. The average molecular weight is 232 g/mol. The lowest BCUT2D eigenvalue weighted by Gasteiger charge is -2.21. The zero-order chi connectivity index (χ0) is 11.7. The molecule has 0 saturated carbocycles. The van der Waals surface area contributed by atoms with Gasteiger partial charge in [0.15, 0.2) is 0 Å². The van der Waals surface area contributed by atoms with E-state index in [1.54, 1.807) is 0 Å². The number of hydrogen-bond acceptors (Lipinski definition) is 3. The monoisotopic (exact) mass is 232 g/mol. The van der Waals surface area contributed by atoms with Crippen LogP contribution in [-0.4, -0.2) is 43.1 Å². The fraction of sp³-hybridized carbons (Fsp3) is 1.00. The molecule has 0 aliphatic carbocycles. The van der Waals surface area contributed by atoms with Gasteiger partial charge in [-0.15, -0.1) is 0 Å². The predicted molar refractivity (Wildman–Crippen MR) is 72.5 cm³/mol. The second-order valence-electron chi connectivity index (χ2n) is 4.70. The van der Waals surface area contributed by atoms with E-state index in [1.807, 2.05) is 11.8 Å². The first-order chi connectivity index (χ1) is 7.07. The third-order valence-corrected chi connectivity index (χ3v) is 3.54. The van der Waals surface area contributed by atoms with Crippen LogP contribution in [0, 0.1) is 5.92 Å². The zero-order valence-corrected chi connectivity index (χ0v) is 11.6. The van der Waals surface area contributed by atoms with Crippen molar-refractivity contribution in [3.63, 3.8) is 0 Å². The second-order valence-corrected chi connectivity index (χ2v) is 5.69. The summed E-state index contributed by atoms with van der Waals surface area (Å²) in [5.74, 6) is 1.90. The summed E-state index contributed by atoms with van der Waals surface area (Å²) in [5, 5.41) is 0. The molecule has 0 radical (unpaired) electrons. The Hall–Kier alpha value is 0.270. The molecule has 0 spiro atoms. The van der Waals surface area contributed by atoms with Crippen molar-refractivity contribution in [3.05, 3.63) is 0 Å². The molecule has 15 heavy (non-hydrogen) atoms. The molecule has 0 rings (SSSR count). The highest BCUT2D eigenvalue weighted by molar-refractivity contribution is 7.98. The highest BCUT2D eigenvalue weighted by Crippen LogP contribution is 2.05. The summed E-state index contributed by atoms with van der Waals surface area (Å²) in [7, 11) is 2.20. The Morgan fingerprint density at radius 1 is 1.20 bits per heavy atom. The summed E-state index contributed by atoms with van der Waals surface area (Å²) in [6.07, 6.45) is 5.94. The second kappa shape index (κ2) is 9.49. The van der Waals surface area contributed by atoms with Crippen molar-refractivity contribution < 1.29 is 0 Å². The van der Waals surface area contributed by atoms with Gasteiger partial charge in [-0.25, -0.2) is 0 Å². The van der Waals surface area contributed by atoms with Gasteiger partial charge < -0.3 is 10.6 Å². The van der Waals surface area contributed by atoms with E-state index in [-0.39, 0.29) is 0 Å². The summed E-state index contributed by atoms with van der Waals surface area (Å²) in [5.41, 5.74) is 6.01. The third-order valence-electron chi connectivity index (χ3n) is 2.84. The van der Waals surface area contributed by atoms with Gasteiger partial charge >= 0.3 is 0 Å². The first-order valence-corrected chi connectivity index (χ1v) is 7.40. The Morgan fingerprint density at radius 3 is 2.40 bits per heavy atom. The lowest BCUT2D eigenvalue weighted by molar-refractivity contribution is 0.299. The maximum absolute atomic E-state index is 6.01. The first kappa shape index (κ1) is 15.3. The van der Waals surface area contributed by atoms with Crippen LogP contribution in [0.1, 0.15) is 33.1 Å². The quantitative estimate of drug-likeness (QED) is 0.619. The molecule has 1 unspecified atom stereocenters. The molecule has 2 N–H and O–H groups in total. The van der Waals surface area contributed by atoms with Gasteiger partial charge in [-0.3, -0.25) is 0 Å².